The first-order valence-electron chi connectivity index (χ1n) is 6.81. The summed E-state index contributed by atoms with van der Waals surface area (Å²) in [6.07, 6.45) is 2.06. The molecule has 2 aromatic carbocycles. The minimum absolute atomic E-state index is 0.721. The predicted octanol–water partition coefficient (Wildman–Crippen LogP) is 5.00. The predicted molar refractivity (Wildman–Crippen MR) is 89.2 cm³/mol. The summed E-state index contributed by atoms with van der Waals surface area (Å²) in [5, 5.41) is 11.0. The highest BCUT2D eigenvalue weighted by molar-refractivity contribution is 9.10. The second-order valence-corrected chi connectivity index (χ2v) is 6.31. The van der Waals surface area contributed by atoms with Crippen LogP contribution in [-0.4, -0.2) is 4.57 Å². The van der Waals surface area contributed by atoms with E-state index < -0.39 is 5.54 Å². The van der Waals surface area contributed by atoms with Crippen molar-refractivity contribution in [3.05, 3.63) is 70.3 Å². The number of hydrogen-bond acceptors (Lipinski definition) is 1. The molecule has 0 amide bonds. The van der Waals surface area contributed by atoms with Gasteiger partial charge >= 0.3 is 0 Å². The van der Waals surface area contributed by atoms with Crippen molar-refractivity contribution >= 4 is 26.8 Å². The lowest BCUT2D eigenvalue weighted by molar-refractivity contribution is 0.526. The summed E-state index contributed by atoms with van der Waals surface area (Å²) in [5.41, 5.74) is 2.52. The molecule has 21 heavy (non-hydrogen) atoms. The zero-order valence-electron chi connectivity index (χ0n) is 12.0. The molecule has 0 spiro atoms. The molecule has 0 aliphatic carbocycles. The van der Waals surface area contributed by atoms with Gasteiger partial charge in [0.25, 0.3) is 0 Å². The molecule has 104 valence electrons. The summed E-state index contributed by atoms with van der Waals surface area (Å²) in [7, 11) is 0. The Labute approximate surface area is 132 Å². The molecule has 0 fully saturated rings. The summed E-state index contributed by atoms with van der Waals surface area (Å²) in [6, 6.07) is 18.6. The van der Waals surface area contributed by atoms with E-state index in [0.717, 1.165) is 15.6 Å². The summed E-state index contributed by atoms with van der Waals surface area (Å²) < 4.78 is 3.12. The fraction of sp³-hybridized carbons (Fsp3) is 0.167. The largest absolute Gasteiger partial charge is 0.324 e. The number of fused-ring (bicyclic) bond motifs is 1. The number of nitrogens with zero attached hydrogens (tertiary/aromatic N) is 2. The number of aryl methyl sites for hydroxylation is 1. The third-order valence-corrected chi connectivity index (χ3v) is 4.49. The van der Waals surface area contributed by atoms with Crippen LogP contribution in [0.5, 0.6) is 0 Å². The van der Waals surface area contributed by atoms with E-state index in [1.54, 1.807) is 0 Å². The van der Waals surface area contributed by atoms with Gasteiger partial charge in [0.05, 0.1) is 11.6 Å². The van der Waals surface area contributed by atoms with Gasteiger partial charge in [0, 0.05) is 16.1 Å². The van der Waals surface area contributed by atoms with E-state index in [2.05, 4.69) is 51.8 Å². The Morgan fingerprint density at radius 1 is 1.14 bits per heavy atom. The monoisotopic (exact) mass is 338 g/mol. The second kappa shape index (κ2) is 5.05. The van der Waals surface area contributed by atoms with Crippen LogP contribution in [-0.2, 0) is 5.54 Å². The van der Waals surface area contributed by atoms with Gasteiger partial charge < -0.3 is 4.57 Å². The van der Waals surface area contributed by atoms with Gasteiger partial charge in [0.1, 0.15) is 0 Å². The second-order valence-electron chi connectivity index (χ2n) is 5.39. The normalized spacial score (nSPS) is 13.8. The Hall–Kier alpha value is -2.05. The Morgan fingerprint density at radius 3 is 2.52 bits per heavy atom. The highest BCUT2D eigenvalue weighted by Crippen LogP contribution is 2.33. The van der Waals surface area contributed by atoms with Crippen molar-refractivity contribution in [1.29, 1.82) is 5.26 Å². The number of nitriles is 1. The number of hydrogen-bond donors (Lipinski definition) is 0. The fourth-order valence-corrected chi connectivity index (χ4v) is 3.12. The van der Waals surface area contributed by atoms with Crippen molar-refractivity contribution in [3.63, 3.8) is 0 Å². The first-order chi connectivity index (χ1) is 10.1. The molecular weight excluding hydrogens is 324 g/mol. The molecule has 1 atom stereocenters. The van der Waals surface area contributed by atoms with E-state index >= 15 is 0 Å². The van der Waals surface area contributed by atoms with Crippen LogP contribution in [0.3, 0.4) is 0 Å². The van der Waals surface area contributed by atoms with E-state index in [1.165, 1.54) is 10.9 Å². The van der Waals surface area contributed by atoms with Crippen molar-refractivity contribution in [2.75, 3.05) is 0 Å². The maximum atomic E-state index is 9.84. The lowest BCUT2D eigenvalue weighted by Crippen LogP contribution is -2.28. The third-order valence-electron chi connectivity index (χ3n) is 4.00. The van der Waals surface area contributed by atoms with Crippen molar-refractivity contribution in [3.8, 4) is 6.07 Å². The number of halogens is 1. The van der Waals surface area contributed by atoms with Gasteiger partial charge in [0.15, 0.2) is 5.54 Å². The molecule has 0 saturated heterocycles. The minimum atomic E-state index is -0.721. The molecular formula is C18H15BrN2. The van der Waals surface area contributed by atoms with Crippen LogP contribution < -0.4 is 0 Å². The quantitative estimate of drug-likeness (QED) is 0.646. The Kier molecular flexibility index (Phi) is 3.35. The zero-order valence-corrected chi connectivity index (χ0v) is 13.6. The molecule has 0 bridgehead atoms. The Morgan fingerprint density at radius 2 is 1.86 bits per heavy atom. The van der Waals surface area contributed by atoms with Crippen molar-refractivity contribution in [2.45, 2.75) is 19.4 Å². The average molecular weight is 339 g/mol. The highest BCUT2D eigenvalue weighted by atomic mass is 79.9. The molecule has 0 radical (unpaired) electrons. The molecule has 3 rings (SSSR count). The van der Waals surface area contributed by atoms with Crippen molar-refractivity contribution in [1.82, 2.24) is 4.57 Å². The van der Waals surface area contributed by atoms with Crippen molar-refractivity contribution < 1.29 is 0 Å². The number of rotatable bonds is 2. The molecule has 1 aromatic heterocycles. The SMILES string of the molecule is Cc1cn(C(C)(C#N)c2ccccc2)c2ccc(Br)cc12. The highest BCUT2D eigenvalue weighted by Gasteiger charge is 2.30. The van der Waals surface area contributed by atoms with Gasteiger partial charge in [-0.25, -0.2) is 0 Å². The van der Waals surface area contributed by atoms with E-state index in [-0.39, 0.29) is 0 Å². The van der Waals surface area contributed by atoms with E-state index in [4.69, 9.17) is 0 Å². The van der Waals surface area contributed by atoms with E-state index in [9.17, 15) is 5.26 Å². The average Bonchev–Trinajstić information content (AvgIpc) is 2.84. The minimum Gasteiger partial charge on any atom is -0.324 e. The van der Waals surface area contributed by atoms with Crippen LogP contribution in [0.25, 0.3) is 10.9 Å². The molecule has 0 N–H and O–H groups in total. The molecule has 0 aliphatic heterocycles. The van der Waals surface area contributed by atoms with Gasteiger partial charge in [-0.05, 0) is 43.2 Å². The lowest BCUT2D eigenvalue weighted by Gasteiger charge is -2.25. The summed E-state index contributed by atoms with van der Waals surface area (Å²) >= 11 is 3.51. The number of aromatic nitrogens is 1. The third kappa shape index (κ3) is 2.16. The van der Waals surface area contributed by atoms with Gasteiger partial charge in [-0.3, -0.25) is 0 Å². The van der Waals surface area contributed by atoms with Crippen LogP contribution in [0.4, 0.5) is 0 Å². The summed E-state index contributed by atoms with van der Waals surface area (Å²) in [5.74, 6) is 0. The van der Waals surface area contributed by atoms with Gasteiger partial charge in [-0.1, -0.05) is 46.3 Å². The van der Waals surface area contributed by atoms with Crippen LogP contribution in [0.1, 0.15) is 18.1 Å². The maximum Gasteiger partial charge on any atom is 0.154 e. The molecule has 0 aliphatic rings. The van der Waals surface area contributed by atoms with Crippen LogP contribution in [0, 0.1) is 18.3 Å². The van der Waals surface area contributed by atoms with Gasteiger partial charge in [-0.15, -0.1) is 0 Å². The van der Waals surface area contributed by atoms with Gasteiger partial charge in [0.2, 0.25) is 0 Å². The standard InChI is InChI=1S/C18H15BrN2/c1-13-11-21(17-9-8-15(19)10-16(13)17)18(2,12-20)14-6-4-3-5-7-14/h3-11H,1-2H3. The van der Waals surface area contributed by atoms with E-state index in [0.29, 0.717) is 0 Å². The van der Waals surface area contributed by atoms with Crippen LogP contribution in [0.2, 0.25) is 0 Å². The first kappa shape index (κ1) is 13.9. The summed E-state index contributed by atoms with van der Waals surface area (Å²) in [6.45, 7) is 4.04. The zero-order chi connectivity index (χ0) is 15.0. The van der Waals surface area contributed by atoms with Crippen LogP contribution >= 0.6 is 15.9 Å². The van der Waals surface area contributed by atoms with Crippen molar-refractivity contribution in [2.24, 2.45) is 0 Å². The maximum absolute atomic E-state index is 9.84. The summed E-state index contributed by atoms with van der Waals surface area (Å²) in [4.78, 5) is 0. The molecule has 1 unspecified atom stereocenters. The Bertz CT molecular complexity index is 843. The topological polar surface area (TPSA) is 28.7 Å². The lowest BCUT2D eigenvalue weighted by atomic mass is 9.93. The molecule has 3 heteroatoms. The van der Waals surface area contributed by atoms with E-state index in [1.807, 2.05) is 43.3 Å². The van der Waals surface area contributed by atoms with Gasteiger partial charge in [-0.2, -0.15) is 5.26 Å². The fourth-order valence-electron chi connectivity index (χ4n) is 2.76. The number of benzene rings is 2. The molecule has 2 nitrogen and oxygen atoms in total. The molecule has 0 saturated carbocycles. The molecule has 3 aromatic rings. The first-order valence-corrected chi connectivity index (χ1v) is 7.60. The van der Waals surface area contributed by atoms with Crippen LogP contribution in [0.15, 0.2) is 59.2 Å². The smallest absolute Gasteiger partial charge is 0.154 e. The Balaban J connectivity index is 2.31. The molecule has 1 heterocycles.